The molecule has 3 aromatic rings. The molecule has 0 radical (unpaired) electrons. The lowest BCUT2D eigenvalue weighted by Crippen LogP contribution is -2.05. The summed E-state index contributed by atoms with van der Waals surface area (Å²) in [6.07, 6.45) is 0. The zero-order valence-corrected chi connectivity index (χ0v) is 12.6. The van der Waals surface area contributed by atoms with E-state index in [1.165, 1.54) is 6.07 Å². The second kappa shape index (κ2) is 6.12. The zero-order chi connectivity index (χ0) is 16.4. The van der Waals surface area contributed by atoms with E-state index in [0.29, 0.717) is 6.54 Å². The van der Waals surface area contributed by atoms with Crippen LogP contribution in [0.25, 0.3) is 10.9 Å². The van der Waals surface area contributed by atoms with Crippen molar-refractivity contribution in [1.29, 1.82) is 0 Å². The Kier molecular flexibility index (Phi) is 4.02. The van der Waals surface area contributed by atoms with E-state index in [4.69, 9.17) is 9.84 Å². The fourth-order valence-corrected chi connectivity index (χ4v) is 2.67. The van der Waals surface area contributed by atoms with Gasteiger partial charge in [-0.1, -0.05) is 12.1 Å². The van der Waals surface area contributed by atoms with Gasteiger partial charge in [-0.3, -0.25) is 0 Å². The molecule has 3 rings (SSSR count). The average molecular weight is 313 g/mol. The van der Waals surface area contributed by atoms with Gasteiger partial charge in [-0.05, 0) is 43.3 Å². The van der Waals surface area contributed by atoms with Crippen LogP contribution in [0.1, 0.15) is 23.0 Å². The van der Waals surface area contributed by atoms with Crippen molar-refractivity contribution >= 4 is 16.9 Å². The number of hydrogen-bond donors (Lipinski definition) is 1. The van der Waals surface area contributed by atoms with Crippen LogP contribution in [0.15, 0.2) is 48.5 Å². The third-order valence-corrected chi connectivity index (χ3v) is 3.76. The van der Waals surface area contributed by atoms with Crippen molar-refractivity contribution in [3.05, 3.63) is 65.6 Å². The van der Waals surface area contributed by atoms with Crippen LogP contribution in [0.2, 0.25) is 0 Å². The molecule has 0 amide bonds. The fourth-order valence-electron chi connectivity index (χ4n) is 2.67. The van der Waals surface area contributed by atoms with E-state index >= 15 is 0 Å². The Hall–Kier alpha value is -2.82. The molecular weight excluding hydrogens is 297 g/mol. The predicted octanol–water partition coefficient (Wildman–Crippen LogP) is 4.08. The van der Waals surface area contributed by atoms with Gasteiger partial charge in [-0.15, -0.1) is 0 Å². The number of hydrogen-bond acceptors (Lipinski definition) is 2. The maximum absolute atomic E-state index is 13.6. The zero-order valence-electron chi connectivity index (χ0n) is 12.6. The number of aromatic carboxylic acids is 1. The van der Waals surface area contributed by atoms with Crippen molar-refractivity contribution in [3.8, 4) is 5.75 Å². The van der Waals surface area contributed by atoms with Crippen LogP contribution in [0, 0.1) is 5.82 Å². The summed E-state index contributed by atoms with van der Waals surface area (Å²) in [4.78, 5) is 11.1. The summed E-state index contributed by atoms with van der Waals surface area (Å²) in [5, 5.41) is 9.92. The smallest absolute Gasteiger partial charge is 0.335 e. The van der Waals surface area contributed by atoms with Crippen molar-refractivity contribution in [2.75, 3.05) is 0 Å². The first kappa shape index (κ1) is 15.1. The molecule has 4 nitrogen and oxygen atoms in total. The van der Waals surface area contributed by atoms with Crippen LogP contribution in [-0.2, 0) is 13.2 Å². The summed E-state index contributed by atoms with van der Waals surface area (Å²) in [6.45, 7) is 2.93. The number of rotatable bonds is 5. The van der Waals surface area contributed by atoms with Crippen LogP contribution in [0.3, 0.4) is 0 Å². The first-order valence-corrected chi connectivity index (χ1v) is 7.33. The SMILES string of the molecule is CCn1c(COc2ccccc2F)cc2cc(C(=O)O)ccc21. The van der Waals surface area contributed by atoms with E-state index in [0.717, 1.165) is 16.6 Å². The Labute approximate surface area is 132 Å². The molecule has 5 heteroatoms. The number of carboxylic acids is 1. The van der Waals surface area contributed by atoms with Crippen LogP contribution in [0.4, 0.5) is 4.39 Å². The molecule has 0 fully saturated rings. The number of carbonyl (C=O) groups is 1. The van der Waals surface area contributed by atoms with Gasteiger partial charge in [-0.2, -0.15) is 0 Å². The van der Waals surface area contributed by atoms with Gasteiger partial charge in [-0.25, -0.2) is 9.18 Å². The van der Waals surface area contributed by atoms with E-state index in [-0.39, 0.29) is 17.9 Å². The maximum atomic E-state index is 13.6. The summed E-state index contributed by atoms with van der Waals surface area (Å²) in [5.74, 6) is -1.16. The highest BCUT2D eigenvalue weighted by Crippen LogP contribution is 2.24. The van der Waals surface area contributed by atoms with Gasteiger partial charge in [0.1, 0.15) is 6.61 Å². The standard InChI is InChI=1S/C18H16FNO3/c1-2-20-14(11-23-17-6-4-3-5-15(17)19)10-13-9-12(18(21)22)7-8-16(13)20/h3-10H,2,11H2,1H3,(H,21,22). The Morgan fingerprint density at radius 3 is 2.70 bits per heavy atom. The fraction of sp³-hybridized carbons (Fsp3) is 0.167. The first-order chi connectivity index (χ1) is 11.1. The molecule has 0 saturated heterocycles. The van der Waals surface area contributed by atoms with Gasteiger partial charge in [0.05, 0.1) is 11.3 Å². The quantitative estimate of drug-likeness (QED) is 0.772. The molecule has 0 saturated carbocycles. The summed E-state index contributed by atoms with van der Waals surface area (Å²) >= 11 is 0. The number of carboxylic acid groups (broad SMARTS) is 1. The lowest BCUT2D eigenvalue weighted by Gasteiger charge is -2.10. The average Bonchev–Trinajstić information content (AvgIpc) is 2.90. The summed E-state index contributed by atoms with van der Waals surface area (Å²) in [7, 11) is 0. The topological polar surface area (TPSA) is 51.5 Å². The summed E-state index contributed by atoms with van der Waals surface area (Å²) < 4.78 is 21.2. The van der Waals surface area contributed by atoms with E-state index in [1.54, 1.807) is 36.4 Å². The monoisotopic (exact) mass is 313 g/mol. The number of ether oxygens (including phenoxy) is 1. The van der Waals surface area contributed by atoms with Gasteiger partial charge in [0, 0.05) is 17.4 Å². The molecule has 0 aliphatic heterocycles. The van der Waals surface area contributed by atoms with Crippen molar-refractivity contribution in [2.45, 2.75) is 20.1 Å². The number of benzene rings is 2. The van der Waals surface area contributed by atoms with Crippen LogP contribution in [0.5, 0.6) is 5.75 Å². The second-order valence-corrected chi connectivity index (χ2v) is 5.18. The Balaban J connectivity index is 1.94. The highest BCUT2D eigenvalue weighted by Gasteiger charge is 2.12. The van der Waals surface area contributed by atoms with Crippen molar-refractivity contribution in [1.82, 2.24) is 4.57 Å². The third kappa shape index (κ3) is 2.90. The molecule has 2 aromatic carbocycles. The van der Waals surface area contributed by atoms with E-state index in [2.05, 4.69) is 0 Å². The molecule has 0 aliphatic carbocycles. The molecular formula is C18H16FNO3. The number of nitrogens with zero attached hydrogens (tertiary/aromatic N) is 1. The Morgan fingerprint density at radius 2 is 2.00 bits per heavy atom. The van der Waals surface area contributed by atoms with Gasteiger partial charge in [0.25, 0.3) is 0 Å². The molecule has 118 valence electrons. The number of fused-ring (bicyclic) bond motifs is 1. The molecule has 0 unspecified atom stereocenters. The van der Waals surface area contributed by atoms with E-state index in [9.17, 15) is 9.18 Å². The number of aromatic nitrogens is 1. The number of aryl methyl sites for hydroxylation is 1. The van der Waals surface area contributed by atoms with Crippen molar-refractivity contribution < 1.29 is 19.0 Å². The van der Waals surface area contributed by atoms with Crippen molar-refractivity contribution in [2.24, 2.45) is 0 Å². The molecule has 1 aromatic heterocycles. The third-order valence-electron chi connectivity index (χ3n) is 3.76. The predicted molar refractivity (Wildman–Crippen MR) is 85.3 cm³/mol. The normalized spacial score (nSPS) is 10.9. The van der Waals surface area contributed by atoms with Crippen molar-refractivity contribution in [3.63, 3.8) is 0 Å². The minimum atomic E-state index is -0.958. The summed E-state index contributed by atoms with van der Waals surface area (Å²) in [6, 6.07) is 13.1. The Bertz CT molecular complexity index is 870. The van der Waals surface area contributed by atoms with Gasteiger partial charge >= 0.3 is 5.97 Å². The second-order valence-electron chi connectivity index (χ2n) is 5.18. The minimum Gasteiger partial charge on any atom is -0.484 e. The number of halogens is 1. The van der Waals surface area contributed by atoms with Gasteiger partial charge < -0.3 is 14.4 Å². The largest absolute Gasteiger partial charge is 0.484 e. The molecule has 1 N–H and O–H groups in total. The van der Waals surface area contributed by atoms with Gasteiger partial charge in [0.15, 0.2) is 11.6 Å². The van der Waals surface area contributed by atoms with Crippen LogP contribution >= 0.6 is 0 Å². The first-order valence-electron chi connectivity index (χ1n) is 7.33. The van der Waals surface area contributed by atoms with E-state index in [1.807, 2.05) is 17.6 Å². The van der Waals surface area contributed by atoms with Crippen LogP contribution < -0.4 is 4.74 Å². The molecule has 1 heterocycles. The molecule has 23 heavy (non-hydrogen) atoms. The lowest BCUT2D eigenvalue weighted by atomic mass is 10.1. The molecule has 0 bridgehead atoms. The minimum absolute atomic E-state index is 0.201. The lowest BCUT2D eigenvalue weighted by molar-refractivity contribution is 0.0697. The maximum Gasteiger partial charge on any atom is 0.335 e. The van der Waals surface area contributed by atoms with E-state index < -0.39 is 11.8 Å². The van der Waals surface area contributed by atoms with Crippen LogP contribution in [-0.4, -0.2) is 15.6 Å². The Morgan fingerprint density at radius 1 is 1.22 bits per heavy atom. The molecule has 0 atom stereocenters. The van der Waals surface area contributed by atoms with Gasteiger partial charge in [0.2, 0.25) is 0 Å². The molecule has 0 aliphatic rings. The molecule has 0 spiro atoms. The summed E-state index contributed by atoms with van der Waals surface area (Å²) in [5.41, 5.74) is 2.05. The highest BCUT2D eigenvalue weighted by atomic mass is 19.1. The highest BCUT2D eigenvalue weighted by molar-refractivity contribution is 5.94. The number of para-hydroxylation sites is 1.